The number of para-hydroxylation sites is 1. The Balaban J connectivity index is 2.37. The van der Waals surface area contributed by atoms with Gasteiger partial charge in [-0.1, -0.05) is 19.1 Å². The highest BCUT2D eigenvalue weighted by Crippen LogP contribution is 2.29. The number of methoxy groups -OCH3 is 1. The average molecular weight is 232 g/mol. The molecule has 0 spiro atoms. The van der Waals surface area contributed by atoms with Gasteiger partial charge in [-0.25, -0.2) is 0 Å². The molecule has 0 fully saturated rings. The van der Waals surface area contributed by atoms with Gasteiger partial charge in [0.25, 0.3) is 0 Å². The summed E-state index contributed by atoms with van der Waals surface area (Å²) >= 11 is 0. The van der Waals surface area contributed by atoms with Gasteiger partial charge in [-0.15, -0.1) is 0 Å². The Hall–Kier alpha value is -1.81. The third-order valence-electron chi connectivity index (χ3n) is 2.73. The summed E-state index contributed by atoms with van der Waals surface area (Å²) in [6.45, 7) is 1.92. The number of aromatic amines is 1. The highest BCUT2D eigenvalue weighted by molar-refractivity contribution is 5.67. The molecule has 17 heavy (non-hydrogen) atoms. The average Bonchev–Trinajstić information content (AvgIpc) is 2.87. The van der Waals surface area contributed by atoms with E-state index in [0.29, 0.717) is 6.42 Å². The van der Waals surface area contributed by atoms with Crippen molar-refractivity contribution in [3.63, 3.8) is 0 Å². The van der Waals surface area contributed by atoms with Gasteiger partial charge in [-0.3, -0.25) is 5.10 Å². The molecule has 90 valence electrons. The Morgan fingerprint density at radius 2 is 2.18 bits per heavy atom. The van der Waals surface area contributed by atoms with E-state index in [1.165, 1.54) is 0 Å². The van der Waals surface area contributed by atoms with E-state index < -0.39 is 6.10 Å². The number of H-pyrrole nitrogens is 1. The normalized spacial score (nSPS) is 12.4. The van der Waals surface area contributed by atoms with Crippen LogP contribution < -0.4 is 4.74 Å². The fourth-order valence-electron chi connectivity index (χ4n) is 1.72. The first-order valence-corrected chi connectivity index (χ1v) is 5.63. The molecule has 0 aliphatic heterocycles. The molecule has 1 aromatic carbocycles. The van der Waals surface area contributed by atoms with Crippen molar-refractivity contribution in [3.8, 4) is 17.0 Å². The topological polar surface area (TPSA) is 58.1 Å². The Bertz CT molecular complexity index is 494. The first-order chi connectivity index (χ1) is 8.26. The molecule has 4 heteroatoms. The number of aliphatic hydroxyl groups excluding tert-OH is 1. The molecule has 2 rings (SSSR count). The molecule has 0 saturated carbocycles. The largest absolute Gasteiger partial charge is 0.496 e. The lowest BCUT2D eigenvalue weighted by Crippen LogP contribution is -1.94. The van der Waals surface area contributed by atoms with Crippen LogP contribution in [0.4, 0.5) is 0 Å². The van der Waals surface area contributed by atoms with Crippen molar-refractivity contribution in [2.45, 2.75) is 19.4 Å². The number of nitrogens with zero attached hydrogens (tertiary/aromatic N) is 1. The van der Waals surface area contributed by atoms with Gasteiger partial charge in [0, 0.05) is 5.56 Å². The summed E-state index contributed by atoms with van der Waals surface area (Å²) in [4.78, 5) is 0. The highest BCUT2D eigenvalue weighted by atomic mass is 16.5. The summed E-state index contributed by atoms with van der Waals surface area (Å²) in [6, 6.07) is 9.53. The van der Waals surface area contributed by atoms with Crippen LogP contribution in [0, 0.1) is 0 Å². The number of aliphatic hydroxyl groups is 1. The van der Waals surface area contributed by atoms with Crippen molar-refractivity contribution in [2.75, 3.05) is 7.11 Å². The van der Waals surface area contributed by atoms with E-state index in [9.17, 15) is 5.11 Å². The second-order valence-electron chi connectivity index (χ2n) is 3.83. The molecule has 0 radical (unpaired) electrons. The second-order valence-corrected chi connectivity index (χ2v) is 3.83. The van der Waals surface area contributed by atoms with Crippen molar-refractivity contribution < 1.29 is 9.84 Å². The smallest absolute Gasteiger partial charge is 0.128 e. The van der Waals surface area contributed by atoms with Crippen molar-refractivity contribution >= 4 is 0 Å². The summed E-state index contributed by atoms with van der Waals surface area (Å²) in [5, 5.41) is 16.8. The molecule has 2 N–H and O–H groups in total. The monoisotopic (exact) mass is 232 g/mol. The number of aromatic nitrogens is 2. The van der Waals surface area contributed by atoms with Gasteiger partial charge in [-0.2, -0.15) is 5.10 Å². The molecule has 0 aliphatic carbocycles. The van der Waals surface area contributed by atoms with Gasteiger partial charge in [0.2, 0.25) is 0 Å². The van der Waals surface area contributed by atoms with E-state index >= 15 is 0 Å². The van der Waals surface area contributed by atoms with E-state index in [2.05, 4.69) is 10.2 Å². The van der Waals surface area contributed by atoms with Crippen molar-refractivity contribution in [2.24, 2.45) is 0 Å². The van der Waals surface area contributed by atoms with Crippen LogP contribution in [0.2, 0.25) is 0 Å². The quantitative estimate of drug-likeness (QED) is 0.851. The summed E-state index contributed by atoms with van der Waals surface area (Å²) in [5.74, 6) is 0.775. The van der Waals surface area contributed by atoms with Gasteiger partial charge in [0.1, 0.15) is 5.75 Å². The maximum absolute atomic E-state index is 9.71. The number of nitrogens with one attached hydrogen (secondary N) is 1. The summed E-state index contributed by atoms with van der Waals surface area (Å²) in [7, 11) is 1.63. The maximum Gasteiger partial charge on any atom is 0.128 e. The maximum atomic E-state index is 9.71. The molecular formula is C13H16N2O2. The van der Waals surface area contributed by atoms with Gasteiger partial charge in [0.05, 0.1) is 24.6 Å². The molecule has 1 heterocycles. The van der Waals surface area contributed by atoms with Crippen molar-refractivity contribution in [1.29, 1.82) is 0 Å². The lowest BCUT2D eigenvalue weighted by molar-refractivity contribution is 0.169. The molecule has 1 atom stereocenters. The van der Waals surface area contributed by atoms with Crippen LogP contribution in [0.5, 0.6) is 5.75 Å². The molecule has 1 unspecified atom stereocenters. The zero-order valence-corrected chi connectivity index (χ0v) is 9.97. The van der Waals surface area contributed by atoms with E-state index in [1.807, 2.05) is 37.3 Å². The minimum Gasteiger partial charge on any atom is -0.496 e. The van der Waals surface area contributed by atoms with Crippen LogP contribution in [0.15, 0.2) is 30.3 Å². The fourth-order valence-corrected chi connectivity index (χ4v) is 1.72. The number of hydrogen-bond acceptors (Lipinski definition) is 3. The Kier molecular flexibility index (Phi) is 3.44. The van der Waals surface area contributed by atoms with Crippen LogP contribution in [0.25, 0.3) is 11.3 Å². The molecular weight excluding hydrogens is 216 g/mol. The Morgan fingerprint density at radius 1 is 1.41 bits per heavy atom. The molecule has 1 aromatic heterocycles. The third-order valence-corrected chi connectivity index (χ3v) is 2.73. The number of rotatable bonds is 4. The predicted octanol–water partition coefficient (Wildman–Crippen LogP) is 2.53. The van der Waals surface area contributed by atoms with E-state index in [1.54, 1.807) is 7.11 Å². The minimum absolute atomic E-state index is 0.494. The summed E-state index contributed by atoms with van der Waals surface area (Å²) < 4.78 is 5.28. The van der Waals surface area contributed by atoms with Crippen LogP contribution in [0.1, 0.15) is 25.1 Å². The van der Waals surface area contributed by atoms with Gasteiger partial charge < -0.3 is 9.84 Å². The zero-order chi connectivity index (χ0) is 12.3. The Morgan fingerprint density at radius 3 is 2.88 bits per heavy atom. The molecule has 0 saturated heterocycles. The van der Waals surface area contributed by atoms with E-state index in [4.69, 9.17) is 4.74 Å². The van der Waals surface area contributed by atoms with Crippen molar-refractivity contribution in [1.82, 2.24) is 10.2 Å². The third kappa shape index (κ3) is 2.31. The summed E-state index contributed by atoms with van der Waals surface area (Å²) in [5.41, 5.74) is 2.43. The predicted molar refractivity (Wildman–Crippen MR) is 65.8 cm³/mol. The Labute approximate surface area is 100 Å². The van der Waals surface area contributed by atoms with Crippen LogP contribution >= 0.6 is 0 Å². The number of hydrogen-bond donors (Lipinski definition) is 2. The van der Waals surface area contributed by atoms with Crippen molar-refractivity contribution in [3.05, 3.63) is 36.0 Å². The van der Waals surface area contributed by atoms with Crippen LogP contribution in [-0.2, 0) is 0 Å². The highest BCUT2D eigenvalue weighted by Gasteiger charge is 2.12. The molecule has 0 aliphatic rings. The standard InChI is InChI=1S/C13H16N2O2/c1-3-12(16)11-8-10(14-15-11)9-6-4-5-7-13(9)17-2/h4-8,12,16H,3H2,1-2H3,(H,14,15). The zero-order valence-electron chi connectivity index (χ0n) is 9.97. The SMILES string of the molecule is CCC(O)c1cc(-c2ccccc2OC)n[nH]1. The first-order valence-electron chi connectivity index (χ1n) is 5.63. The van der Waals surface area contributed by atoms with Crippen LogP contribution in [-0.4, -0.2) is 22.4 Å². The second kappa shape index (κ2) is 5.01. The summed E-state index contributed by atoms with van der Waals surface area (Å²) in [6.07, 6.45) is 0.166. The lowest BCUT2D eigenvalue weighted by Gasteiger charge is -2.04. The van der Waals surface area contributed by atoms with Gasteiger partial charge in [-0.05, 0) is 24.6 Å². The molecule has 4 nitrogen and oxygen atoms in total. The minimum atomic E-state index is -0.494. The van der Waals surface area contributed by atoms with Gasteiger partial charge in [0.15, 0.2) is 0 Å². The molecule has 2 aromatic rings. The molecule has 0 bridgehead atoms. The number of benzene rings is 1. The fraction of sp³-hybridized carbons (Fsp3) is 0.308. The lowest BCUT2D eigenvalue weighted by atomic mass is 10.1. The number of ether oxygens (including phenoxy) is 1. The van der Waals surface area contributed by atoms with E-state index in [0.717, 1.165) is 22.7 Å². The first kappa shape index (κ1) is 11.7. The van der Waals surface area contributed by atoms with Gasteiger partial charge >= 0.3 is 0 Å². The molecule has 0 amide bonds. The van der Waals surface area contributed by atoms with Crippen LogP contribution in [0.3, 0.4) is 0 Å². The van der Waals surface area contributed by atoms with E-state index in [-0.39, 0.29) is 0 Å².